The van der Waals surface area contributed by atoms with Crippen molar-refractivity contribution in [3.8, 4) is 0 Å². The lowest BCUT2D eigenvalue weighted by Crippen LogP contribution is -2.00. The summed E-state index contributed by atoms with van der Waals surface area (Å²) >= 11 is 14.4. The van der Waals surface area contributed by atoms with E-state index in [4.69, 9.17) is 44.0 Å². The first kappa shape index (κ1) is 20.4. The standard InChI is InChI=1S/C16H16ClNO2.C9H13N.C6H3BrClNO2/c1-11(2)15-6-4-3-5-12(15)9-13-7-8-14(17)10-16(13)18(19)20;1-7(2)8-5-3-4-6-9(8)10;7-5-2-1-4(8)3-6(5)9(10)11/h3-8,10-11H,9H2,1-2H3;3-7H,10H2,1-2H3;1-3H/i1D3,11D;1D3,2D3,7D;. The Balaban J connectivity index is 0.000000291. The van der Waals surface area contributed by atoms with Crippen molar-refractivity contribution in [2.45, 2.75) is 45.7 Å². The van der Waals surface area contributed by atoms with Crippen molar-refractivity contribution in [1.29, 1.82) is 0 Å². The van der Waals surface area contributed by atoms with Crippen LogP contribution in [0.3, 0.4) is 0 Å². The molecular weight excluding hydrogens is 629 g/mol. The lowest BCUT2D eigenvalue weighted by molar-refractivity contribution is -0.385. The maximum Gasteiger partial charge on any atom is 0.284 e. The highest BCUT2D eigenvalue weighted by Gasteiger charge is 2.16. The van der Waals surface area contributed by atoms with Crippen LogP contribution in [0.5, 0.6) is 0 Å². The summed E-state index contributed by atoms with van der Waals surface area (Å²) in [6.07, 6.45) is 0.147. The molecule has 1 unspecified atom stereocenters. The van der Waals surface area contributed by atoms with E-state index in [0.717, 1.165) is 0 Å². The molecule has 4 aromatic rings. The molecule has 0 amide bonds. The van der Waals surface area contributed by atoms with E-state index in [9.17, 15) is 20.2 Å². The molecule has 7 nitrogen and oxygen atoms in total. The van der Waals surface area contributed by atoms with Gasteiger partial charge in [0.1, 0.15) is 0 Å². The fraction of sp³-hybridized carbons (Fsp3) is 0.226. The molecule has 0 aromatic heterocycles. The van der Waals surface area contributed by atoms with Crippen molar-refractivity contribution in [2.24, 2.45) is 0 Å². The summed E-state index contributed by atoms with van der Waals surface area (Å²) in [6.45, 7) is -7.18. The van der Waals surface area contributed by atoms with Crippen molar-refractivity contribution in [3.63, 3.8) is 0 Å². The van der Waals surface area contributed by atoms with Gasteiger partial charge in [-0.05, 0) is 68.7 Å². The summed E-state index contributed by atoms with van der Waals surface area (Å²) in [7, 11) is 0. The van der Waals surface area contributed by atoms with Crippen LogP contribution in [0, 0.1) is 20.2 Å². The molecule has 4 aromatic carbocycles. The second-order valence-corrected chi connectivity index (χ2v) is 10.0. The lowest BCUT2D eigenvalue weighted by atomic mass is 9.92. The number of nitro groups is 2. The van der Waals surface area contributed by atoms with Gasteiger partial charge in [0.05, 0.1) is 14.3 Å². The Kier molecular flexibility index (Phi) is 8.02. The Morgan fingerprint density at radius 1 is 0.805 bits per heavy atom. The largest absolute Gasteiger partial charge is 0.398 e. The Labute approximate surface area is 274 Å². The van der Waals surface area contributed by atoms with Gasteiger partial charge in [0.25, 0.3) is 11.4 Å². The third-order valence-electron chi connectivity index (χ3n) is 5.38. The number of hydrogen-bond acceptors (Lipinski definition) is 5. The quantitative estimate of drug-likeness (QED) is 0.124. The van der Waals surface area contributed by atoms with Gasteiger partial charge in [-0.1, -0.05) is 99.2 Å². The number of halogens is 3. The summed E-state index contributed by atoms with van der Waals surface area (Å²) in [5, 5.41) is 22.1. The monoisotopic (exact) mass is 670 g/mol. The fourth-order valence-corrected chi connectivity index (χ4v) is 4.18. The summed E-state index contributed by atoms with van der Waals surface area (Å²) in [5.74, 6) is -4.53. The minimum absolute atomic E-state index is 0.00486. The second-order valence-electron chi connectivity index (χ2n) is 8.30. The zero-order chi connectivity index (χ0) is 40.0. The zero-order valence-electron chi connectivity index (χ0n) is 32.5. The Morgan fingerprint density at radius 3 is 1.90 bits per heavy atom. The predicted octanol–water partition coefficient (Wildman–Crippen LogP) is 10.4. The summed E-state index contributed by atoms with van der Waals surface area (Å²) in [5.41, 5.74) is 6.55. The molecule has 4 rings (SSSR count). The van der Waals surface area contributed by atoms with Crippen LogP contribution in [0.1, 0.15) is 76.6 Å². The van der Waals surface area contributed by atoms with Crippen LogP contribution >= 0.6 is 39.1 Å². The summed E-state index contributed by atoms with van der Waals surface area (Å²) in [6, 6.07) is 21.1. The van der Waals surface area contributed by atoms with E-state index in [-0.39, 0.29) is 34.1 Å². The van der Waals surface area contributed by atoms with Gasteiger partial charge in [-0.2, -0.15) is 0 Å². The Hall–Kier alpha value is -3.46. The molecule has 10 heteroatoms. The molecule has 0 aliphatic rings. The Morgan fingerprint density at radius 2 is 1.34 bits per heavy atom. The number of anilines is 1. The number of benzene rings is 4. The fourth-order valence-electron chi connectivity index (χ4n) is 3.45. The minimum Gasteiger partial charge on any atom is -0.398 e. The van der Waals surface area contributed by atoms with Crippen LogP contribution in [-0.4, -0.2) is 9.85 Å². The summed E-state index contributed by atoms with van der Waals surface area (Å²) in [4.78, 5) is 20.5. The molecule has 0 aliphatic carbocycles. The van der Waals surface area contributed by atoms with Crippen LogP contribution in [-0.2, 0) is 6.42 Å². The third-order valence-corrected chi connectivity index (χ3v) is 6.52. The van der Waals surface area contributed by atoms with Crippen molar-refractivity contribution in [1.82, 2.24) is 0 Å². The maximum atomic E-state index is 11.2. The number of nitro benzene ring substituents is 2. The van der Waals surface area contributed by atoms with Crippen LogP contribution in [0.4, 0.5) is 17.1 Å². The van der Waals surface area contributed by atoms with Crippen LogP contribution < -0.4 is 5.73 Å². The van der Waals surface area contributed by atoms with E-state index in [1.54, 1.807) is 54.6 Å². The van der Waals surface area contributed by atoms with Crippen LogP contribution in [0.15, 0.2) is 89.4 Å². The molecule has 41 heavy (non-hydrogen) atoms. The molecule has 0 radical (unpaired) electrons. The number of nitrogens with two attached hydrogens (primary N) is 1. The molecule has 0 fully saturated rings. The van der Waals surface area contributed by atoms with E-state index in [0.29, 0.717) is 26.2 Å². The Bertz CT molecular complexity index is 1890. The minimum atomic E-state index is -2.99. The zero-order valence-corrected chi connectivity index (χ0v) is 24.6. The number of hydrogen-bond donors (Lipinski definition) is 1. The van der Waals surface area contributed by atoms with Crippen LogP contribution in [0.25, 0.3) is 0 Å². The molecule has 2 N–H and O–H groups in total. The first-order chi connectivity index (χ1) is 23.7. The molecular formula is C31H32BrCl2N3O4. The number of nitrogens with zero attached hydrogens (tertiary/aromatic N) is 2. The van der Waals surface area contributed by atoms with Gasteiger partial charge in [0.2, 0.25) is 0 Å². The van der Waals surface area contributed by atoms with Crippen molar-refractivity contribution in [3.05, 3.63) is 142 Å². The van der Waals surface area contributed by atoms with Gasteiger partial charge in [-0.25, -0.2) is 0 Å². The number of rotatable bonds is 6. The molecule has 216 valence electrons. The van der Waals surface area contributed by atoms with E-state index >= 15 is 0 Å². The second kappa shape index (κ2) is 16.1. The number of nitrogen functional groups attached to an aromatic ring is 1. The number of para-hydroxylation sites is 1. The van der Waals surface area contributed by atoms with Crippen molar-refractivity contribution < 1.29 is 24.9 Å². The van der Waals surface area contributed by atoms with E-state index < -0.39 is 42.2 Å². The average molecular weight is 672 g/mol. The van der Waals surface area contributed by atoms with Crippen molar-refractivity contribution >= 4 is 56.2 Å². The van der Waals surface area contributed by atoms with Crippen molar-refractivity contribution in [2.75, 3.05) is 5.73 Å². The smallest absolute Gasteiger partial charge is 0.284 e. The topological polar surface area (TPSA) is 112 Å². The highest BCUT2D eigenvalue weighted by Crippen LogP contribution is 2.29. The van der Waals surface area contributed by atoms with Gasteiger partial charge in [0.15, 0.2) is 0 Å². The average Bonchev–Trinajstić information content (AvgIpc) is 3.02. The maximum absolute atomic E-state index is 11.2. The molecule has 0 spiro atoms. The normalized spacial score (nSPS) is 16.9. The molecule has 0 bridgehead atoms. The lowest BCUT2D eigenvalue weighted by Gasteiger charge is -2.12. The SMILES string of the molecule is O=[N+]([O-])c1cc(Cl)ccc1Br.[2H]C([2H])([2H])C([2H])(C)c1ccccc1Cc1ccc(Cl)cc1[N+](=O)[O-].[2H]C([2H])([2H])C([2H])(c1ccccc1N)C([2H])([2H])[2H]. The summed E-state index contributed by atoms with van der Waals surface area (Å²) < 4.78 is 83.3. The molecule has 0 aliphatic heterocycles. The highest BCUT2D eigenvalue weighted by molar-refractivity contribution is 9.10. The van der Waals surface area contributed by atoms with Gasteiger partial charge < -0.3 is 5.73 Å². The van der Waals surface area contributed by atoms with E-state index in [1.165, 1.54) is 37.3 Å². The van der Waals surface area contributed by atoms with Gasteiger partial charge in [-0.3, -0.25) is 20.2 Å². The first-order valence-electron chi connectivity index (χ1n) is 17.1. The van der Waals surface area contributed by atoms with E-state index in [1.807, 2.05) is 0 Å². The van der Waals surface area contributed by atoms with E-state index in [2.05, 4.69) is 15.9 Å². The highest BCUT2D eigenvalue weighted by atomic mass is 79.9. The van der Waals surface area contributed by atoms with Gasteiger partial charge in [0, 0.05) is 54.9 Å². The third kappa shape index (κ3) is 10.5. The van der Waals surface area contributed by atoms with Gasteiger partial charge >= 0.3 is 0 Å². The predicted molar refractivity (Wildman–Crippen MR) is 172 cm³/mol. The molecule has 1 atom stereocenters. The van der Waals surface area contributed by atoms with Gasteiger partial charge in [-0.15, -0.1) is 0 Å². The first-order valence-corrected chi connectivity index (χ1v) is 13.2. The molecule has 0 saturated heterocycles. The molecule has 0 saturated carbocycles. The van der Waals surface area contributed by atoms with Crippen LogP contribution in [0.2, 0.25) is 10.0 Å². The molecule has 0 heterocycles.